The lowest BCUT2D eigenvalue weighted by molar-refractivity contribution is 0.519. The zero-order valence-corrected chi connectivity index (χ0v) is 10.6. The fourth-order valence-electron chi connectivity index (χ4n) is 1.47. The van der Waals surface area contributed by atoms with Crippen molar-refractivity contribution in [2.24, 2.45) is 23.1 Å². The van der Waals surface area contributed by atoms with Gasteiger partial charge in [-0.3, -0.25) is 0 Å². The van der Waals surface area contributed by atoms with Crippen LogP contribution in [-0.2, 0) is 0 Å². The third kappa shape index (κ3) is 6.35. The van der Waals surface area contributed by atoms with Gasteiger partial charge in [0.15, 0.2) is 0 Å². The predicted molar refractivity (Wildman–Crippen MR) is 74.2 cm³/mol. The molecule has 4 heteroatoms. The molecule has 0 aliphatic rings. The number of hydrogen-bond donors (Lipinski definition) is 4. The molecule has 17 heavy (non-hydrogen) atoms. The predicted octanol–water partition coefficient (Wildman–Crippen LogP) is 1.64. The molecule has 0 fully saturated rings. The van der Waals surface area contributed by atoms with Crippen LogP contribution in [0.2, 0.25) is 0 Å². The van der Waals surface area contributed by atoms with E-state index in [-0.39, 0.29) is 0 Å². The van der Waals surface area contributed by atoms with E-state index in [1.165, 1.54) is 0 Å². The fraction of sp³-hybridized carbons (Fsp3) is 0.385. The van der Waals surface area contributed by atoms with Crippen LogP contribution in [0.25, 0.3) is 0 Å². The molecule has 96 valence electrons. The minimum absolute atomic E-state index is 0.338. The summed E-state index contributed by atoms with van der Waals surface area (Å²) in [4.78, 5) is 0. The van der Waals surface area contributed by atoms with Crippen LogP contribution < -0.4 is 22.5 Å². The van der Waals surface area contributed by atoms with Crippen molar-refractivity contribution in [2.75, 3.05) is 0 Å². The molecular formula is C13H24N4. The van der Waals surface area contributed by atoms with Crippen LogP contribution in [0.15, 0.2) is 48.7 Å². The Morgan fingerprint density at radius 2 is 1.88 bits per heavy atom. The Labute approximate surface area is 104 Å². The van der Waals surface area contributed by atoms with Gasteiger partial charge in [0.2, 0.25) is 0 Å². The molecule has 0 bridgehead atoms. The summed E-state index contributed by atoms with van der Waals surface area (Å²) in [6.45, 7) is 13.1. The average Bonchev–Trinajstić information content (AvgIpc) is 2.23. The molecule has 1 unspecified atom stereocenters. The summed E-state index contributed by atoms with van der Waals surface area (Å²) in [5.74, 6) is 0.799. The first-order chi connectivity index (χ1) is 7.88. The molecule has 0 aliphatic carbocycles. The maximum absolute atomic E-state index is 5.86. The van der Waals surface area contributed by atoms with Crippen LogP contribution in [-0.4, -0.2) is 0 Å². The van der Waals surface area contributed by atoms with Gasteiger partial charge in [-0.1, -0.05) is 26.2 Å². The van der Waals surface area contributed by atoms with Gasteiger partial charge < -0.3 is 22.5 Å². The van der Waals surface area contributed by atoms with E-state index in [0.717, 1.165) is 25.0 Å². The smallest absolute Gasteiger partial charge is 0.0928 e. The van der Waals surface area contributed by atoms with Crippen molar-refractivity contribution < 1.29 is 0 Å². The van der Waals surface area contributed by atoms with Crippen molar-refractivity contribution in [1.82, 2.24) is 5.32 Å². The highest BCUT2D eigenvalue weighted by Gasteiger charge is 2.10. The van der Waals surface area contributed by atoms with Crippen molar-refractivity contribution in [1.29, 1.82) is 0 Å². The molecule has 1 atom stereocenters. The Hall–Kier alpha value is -1.84. The lowest BCUT2D eigenvalue weighted by atomic mass is 9.98. The van der Waals surface area contributed by atoms with E-state index in [2.05, 4.69) is 32.0 Å². The van der Waals surface area contributed by atoms with E-state index in [0.29, 0.717) is 23.1 Å². The van der Waals surface area contributed by atoms with Crippen molar-refractivity contribution in [3.8, 4) is 0 Å². The zero-order valence-electron chi connectivity index (χ0n) is 10.6. The van der Waals surface area contributed by atoms with Gasteiger partial charge in [-0.2, -0.15) is 0 Å². The molecule has 0 spiro atoms. The third-order valence-electron chi connectivity index (χ3n) is 2.40. The Balaban J connectivity index is 4.71. The van der Waals surface area contributed by atoms with Gasteiger partial charge in [0.05, 0.1) is 11.5 Å². The second kappa shape index (κ2) is 7.44. The fourth-order valence-corrected chi connectivity index (χ4v) is 1.47. The van der Waals surface area contributed by atoms with E-state index in [1.54, 1.807) is 0 Å². The Morgan fingerprint density at radius 1 is 1.29 bits per heavy atom. The molecule has 0 aliphatic heterocycles. The Morgan fingerprint density at radius 3 is 2.29 bits per heavy atom. The van der Waals surface area contributed by atoms with E-state index in [4.69, 9.17) is 17.2 Å². The average molecular weight is 236 g/mol. The molecule has 0 aromatic rings. The lowest BCUT2D eigenvalue weighted by Gasteiger charge is -2.18. The molecule has 0 saturated carbocycles. The van der Waals surface area contributed by atoms with Gasteiger partial charge in [0.25, 0.3) is 0 Å². The molecule has 0 aromatic carbocycles. The van der Waals surface area contributed by atoms with Gasteiger partial charge in [0, 0.05) is 11.4 Å². The Kier molecular flexibility index (Phi) is 6.63. The van der Waals surface area contributed by atoms with Crippen molar-refractivity contribution in [3.05, 3.63) is 48.7 Å². The lowest BCUT2D eigenvalue weighted by Crippen LogP contribution is -2.25. The largest absolute Gasteiger partial charge is 0.397 e. The highest BCUT2D eigenvalue weighted by Crippen LogP contribution is 2.18. The SMILES string of the molecule is C=CCCC(C)C/C(NC(=C)N)=C(\N)C(=C)N. The maximum atomic E-state index is 5.86. The summed E-state index contributed by atoms with van der Waals surface area (Å²) >= 11 is 0. The van der Waals surface area contributed by atoms with Crippen LogP contribution in [0, 0.1) is 5.92 Å². The van der Waals surface area contributed by atoms with E-state index in [9.17, 15) is 0 Å². The first kappa shape index (κ1) is 15.2. The summed E-state index contributed by atoms with van der Waals surface area (Å²) < 4.78 is 0. The molecule has 0 amide bonds. The summed E-state index contributed by atoms with van der Waals surface area (Å²) in [7, 11) is 0. The third-order valence-corrected chi connectivity index (χ3v) is 2.40. The summed E-state index contributed by atoms with van der Waals surface area (Å²) in [5.41, 5.74) is 18.5. The topological polar surface area (TPSA) is 90.1 Å². The summed E-state index contributed by atoms with van der Waals surface area (Å²) in [6.07, 6.45) is 4.67. The minimum atomic E-state index is 0.338. The number of hydrogen-bond acceptors (Lipinski definition) is 4. The molecule has 0 heterocycles. The van der Waals surface area contributed by atoms with Crippen LogP contribution in [0.4, 0.5) is 0 Å². The van der Waals surface area contributed by atoms with Gasteiger partial charge in [0.1, 0.15) is 0 Å². The second-order valence-electron chi connectivity index (χ2n) is 4.24. The summed E-state index contributed by atoms with van der Waals surface area (Å²) in [6, 6.07) is 0. The number of allylic oxidation sites excluding steroid dienone is 2. The highest BCUT2D eigenvalue weighted by atomic mass is 15.0. The monoisotopic (exact) mass is 236 g/mol. The van der Waals surface area contributed by atoms with Crippen molar-refractivity contribution in [3.63, 3.8) is 0 Å². The molecule has 0 rings (SSSR count). The van der Waals surface area contributed by atoms with E-state index >= 15 is 0 Å². The maximum Gasteiger partial charge on any atom is 0.0928 e. The quantitative estimate of drug-likeness (QED) is 0.381. The molecule has 4 nitrogen and oxygen atoms in total. The van der Waals surface area contributed by atoms with Gasteiger partial charge in [-0.05, 0) is 25.2 Å². The number of nitrogens with one attached hydrogen (secondary N) is 1. The normalized spacial score (nSPS) is 13.5. The second-order valence-corrected chi connectivity index (χ2v) is 4.24. The molecule has 0 saturated heterocycles. The minimum Gasteiger partial charge on any atom is -0.397 e. The van der Waals surface area contributed by atoms with Gasteiger partial charge in [-0.15, -0.1) is 6.58 Å². The van der Waals surface area contributed by atoms with Gasteiger partial charge >= 0.3 is 0 Å². The first-order valence-corrected chi connectivity index (χ1v) is 5.64. The van der Waals surface area contributed by atoms with Crippen LogP contribution in [0.1, 0.15) is 26.2 Å². The number of nitrogens with two attached hydrogens (primary N) is 3. The van der Waals surface area contributed by atoms with Crippen LogP contribution >= 0.6 is 0 Å². The standard InChI is InChI=1S/C13H24N4/c1-5-6-7-9(2)8-12(17-11(4)15)13(16)10(3)14/h5,9,17H,1,3-4,6-8,14-16H2,2H3/b13-12+. The molecular weight excluding hydrogens is 212 g/mol. The number of rotatable bonds is 8. The van der Waals surface area contributed by atoms with Gasteiger partial charge in [-0.25, -0.2) is 0 Å². The van der Waals surface area contributed by atoms with Crippen molar-refractivity contribution >= 4 is 0 Å². The Bertz CT molecular complexity index is 328. The van der Waals surface area contributed by atoms with E-state index < -0.39 is 0 Å². The summed E-state index contributed by atoms with van der Waals surface area (Å²) in [5, 5.41) is 2.94. The van der Waals surface area contributed by atoms with Crippen molar-refractivity contribution in [2.45, 2.75) is 26.2 Å². The molecule has 7 N–H and O–H groups in total. The van der Waals surface area contributed by atoms with E-state index in [1.807, 2.05) is 6.08 Å². The molecule has 0 aromatic heterocycles. The zero-order chi connectivity index (χ0) is 13.4. The molecule has 0 radical (unpaired) electrons. The highest BCUT2D eigenvalue weighted by molar-refractivity contribution is 5.29. The van der Waals surface area contributed by atoms with Crippen LogP contribution in [0.3, 0.4) is 0 Å². The van der Waals surface area contributed by atoms with Crippen LogP contribution in [0.5, 0.6) is 0 Å². The first-order valence-electron chi connectivity index (χ1n) is 5.64.